The van der Waals surface area contributed by atoms with Crippen LogP contribution >= 0.6 is 0 Å². The number of amides is 1. The molecule has 122 valence electrons. The van der Waals surface area contributed by atoms with Crippen LogP contribution in [0.3, 0.4) is 0 Å². The standard InChI is InChI=1S/C17H22N4O2/c1-16(2)12-20(10-9-17(16,3)23)15(22)14-11-21(19-18-14)13-7-5-4-6-8-13/h4-8,11,23H,9-10,12H2,1-3H3/t17-/m1/s1. The van der Waals surface area contributed by atoms with E-state index in [1.807, 2.05) is 51.1 Å². The molecule has 0 bridgehead atoms. The van der Waals surface area contributed by atoms with E-state index in [2.05, 4.69) is 10.3 Å². The quantitative estimate of drug-likeness (QED) is 0.919. The van der Waals surface area contributed by atoms with E-state index in [0.717, 1.165) is 5.69 Å². The van der Waals surface area contributed by atoms with Crippen molar-refractivity contribution in [2.24, 2.45) is 5.41 Å². The second-order valence-corrected chi connectivity index (χ2v) is 7.02. The van der Waals surface area contributed by atoms with Gasteiger partial charge in [0.1, 0.15) is 0 Å². The van der Waals surface area contributed by atoms with Gasteiger partial charge in [0, 0.05) is 18.5 Å². The van der Waals surface area contributed by atoms with Crippen LogP contribution < -0.4 is 0 Å². The van der Waals surface area contributed by atoms with Gasteiger partial charge in [-0.2, -0.15) is 0 Å². The van der Waals surface area contributed by atoms with Crippen molar-refractivity contribution in [3.63, 3.8) is 0 Å². The zero-order valence-electron chi connectivity index (χ0n) is 13.7. The van der Waals surface area contributed by atoms with Gasteiger partial charge in [-0.1, -0.05) is 37.3 Å². The van der Waals surface area contributed by atoms with Crippen LogP contribution in [0, 0.1) is 5.41 Å². The van der Waals surface area contributed by atoms with Gasteiger partial charge < -0.3 is 10.0 Å². The monoisotopic (exact) mass is 314 g/mol. The summed E-state index contributed by atoms with van der Waals surface area (Å²) in [4.78, 5) is 14.4. The summed E-state index contributed by atoms with van der Waals surface area (Å²) in [5, 5.41) is 18.5. The summed E-state index contributed by atoms with van der Waals surface area (Å²) in [5.41, 5.74) is 0.0500. The lowest BCUT2D eigenvalue weighted by Crippen LogP contribution is -2.57. The van der Waals surface area contributed by atoms with Crippen LogP contribution in [-0.2, 0) is 0 Å². The summed E-state index contributed by atoms with van der Waals surface area (Å²) in [7, 11) is 0. The molecule has 1 aromatic carbocycles. The van der Waals surface area contributed by atoms with Crippen LogP contribution in [0.25, 0.3) is 5.69 Å². The first-order valence-corrected chi connectivity index (χ1v) is 7.80. The average Bonchev–Trinajstić information content (AvgIpc) is 3.00. The molecular formula is C17H22N4O2. The molecule has 1 amide bonds. The second-order valence-electron chi connectivity index (χ2n) is 7.02. The summed E-state index contributed by atoms with van der Waals surface area (Å²) in [5.74, 6) is -0.143. The summed E-state index contributed by atoms with van der Waals surface area (Å²) in [6, 6.07) is 9.56. The highest BCUT2D eigenvalue weighted by Crippen LogP contribution is 2.38. The van der Waals surface area contributed by atoms with Gasteiger partial charge in [0.05, 0.1) is 17.5 Å². The maximum Gasteiger partial charge on any atom is 0.276 e. The molecule has 1 fully saturated rings. The molecule has 6 nitrogen and oxygen atoms in total. The number of rotatable bonds is 2. The fourth-order valence-electron chi connectivity index (χ4n) is 2.82. The predicted octanol–water partition coefficient (Wildman–Crippen LogP) is 1.89. The Labute approximate surface area is 135 Å². The highest BCUT2D eigenvalue weighted by molar-refractivity contribution is 5.92. The topological polar surface area (TPSA) is 71.2 Å². The average molecular weight is 314 g/mol. The van der Waals surface area contributed by atoms with Gasteiger partial charge in [-0.3, -0.25) is 4.79 Å². The molecule has 1 aliphatic rings. The molecule has 2 heterocycles. The molecule has 1 atom stereocenters. The molecule has 1 N–H and O–H groups in total. The summed E-state index contributed by atoms with van der Waals surface area (Å²) < 4.78 is 1.60. The molecule has 3 rings (SSSR count). The maximum absolute atomic E-state index is 12.7. The highest BCUT2D eigenvalue weighted by atomic mass is 16.3. The lowest BCUT2D eigenvalue weighted by atomic mass is 9.71. The number of piperidine rings is 1. The Hall–Kier alpha value is -2.21. The Balaban J connectivity index is 1.78. The van der Waals surface area contributed by atoms with E-state index in [0.29, 0.717) is 25.2 Å². The third kappa shape index (κ3) is 2.86. The van der Waals surface area contributed by atoms with Crippen molar-refractivity contribution in [2.75, 3.05) is 13.1 Å². The number of hydrogen-bond acceptors (Lipinski definition) is 4. The lowest BCUT2D eigenvalue weighted by Gasteiger charge is -2.48. The first-order valence-electron chi connectivity index (χ1n) is 7.80. The normalized spacial score (nSPS) is 23.7. The van der Waals surface area contributed by atoms with Gasteiger partial charge in [0.15, 0.2) is 5.69 Å². The molecular weight excluding hydrogens is 292 g/mol. The summed E-state index contributed by atoms with van der Waals surface area (Å²) in [6.45, 7) is 6.81. The molecule has 0 saturated carbocycles. The highest BCUT2D eigenvalue weighted by Gasteiger charge is 2.45. The van der Waals surface area contributed by atoms with Crippen molar-refractivity contribution in [3.05, 3.63) is 42.2 Å². The molecule has 0 spiro atoms. The largest absolute Gasteiger partial charge is 0.389 e. The molecule has 23 heavy (non-hydrogen) atoms. The minimum atomic E-state index is -0.772. The molecule has 0 aliphatic carbocycles. The number of aliphatic hydroxyl groups is 1. The van der Waals surface area contributed by atoms with Gasteiger partial charge in [-0.05, 0) is 25.5 Å². The van der Waals surface area contributed by atoms with Gasteiger partial charge in [0.25, 0.3) is 5.91 Å². The number of para-hydroxylation sites is 1. The first kappa shape index (κ1) is 15.7. The minimum Gasteiger partial charge on any atom is -0.389 e. The smallest absolute Gasteiger partial charge is 0.276 e. The molecule has 1 aromatic heterocycles. The van der Waals surface area contributed by atoms with E-state index in [1.54, 1.807) is 15.8 Å². The number of aromatic nitrogens is 3. The Morgan fingerprint density at radius 3 is 2.57 bits per heavy atom. The van der Waals surface area contributed by atoms with Crippen molar-refractivity contribution in [1.82, 2.24) is 19.9 Å². The van der Waals surface area contributed by atoms with Crippen LogP contribution in [0.2, 0.25) is 0 Å². The predicted molar refractivity (Wildman–Crippen MR) is 86.3 cm³/mol. The zero-order chi connectivity index (χ0) is 16.7. The first-order chi connectivity index (χ1) is 10.8. The Kier molecular flexibility index (Phi) is 3.72. The zero-order valence-corrected chi connectivity index (χ0v) is 13.7. The van der Waals surface area contributed by atoms with E-state index in [4.69, 9.17) is 0 Å². The third-order valence-electron chi connectivity index (χ3n) is 4.93. The van der Waals surface area contributed by atoms with Crippen LogP contribution in [0.1, 0.15) is 37.7 Å². The van der Waals surface area contributed by atoms with E-state index in [9.17, 15) is 9.90 Å². The number of likely N-dealkylation sites (tertiary alicyclic amines) is 1. The maximum atomic E-state index is 12.7. The van der Waals surface area contributed by atoms with Crippen LogP contribution in [0.15, 0.2) is 36.5 Å². The number of carbonyl (C=O) groups excluding carboxylic acids is 1. The van der Waals surface area contributed by atoms with E-state index in [-0.39, 0.29) is 11.3 Å². The van der Waals surface area contributed by atoms with E-state index < -0.39 is 5.60 Å². The van der Waals surface area contributed by atoms with Gasteiger partial charge in [0.2, 0.25) is 0 Å². The van der Waals surface area contributed by atoms with Crippen LogP contribution in [-0.4, -0.2) is 49.6 Å². The molecule has 6 heteroatoms. The van der Waals surface area contributed by atoms with Crippen molar-refractivity contribution < 1.29 is 9.90 Å². The van der Waals surface area contributed by atoms with Gasteiger partial charge in [-0.15, -0.1) is 5.10 Å². The van der Waals surface area contributed by atoms with E-state index >= 15 is 0 Å². The SMILES string of the molecule is CC1(C)CN(C(=O)c2cn(-c3ccccc3)nn2)CC[C@@]1(C)O. The summed E-state index contributed by atoms with van der Waals surface area (Å²) in [6.07, 6.45) is 2.20. The molecule has 1 aliphatic heterocycles. The molecule has 0 unspecified atom stereocenters. The van der Waals surface area contributed by atoms with Gasteiger partial charge >= 0.3 is 0 Å². The molecule has 0 radical (unpaired) electrons. The summed E-state index contributed by atoms with van der Waals surface area (Å²) >= 11 is 0. The van der Waals surface area contributed by atoms with Crippen molar-refractivity contribution >= 4 is 5.91 Å². The minimum absolute atomic E-state index is 0.143. The fourth-order valence-corrected chi connectivity index (χ4v) is 2.82. The number of benzene rings is 1. The van der Waals surface area contributed by atoms with Crippen molar-refractivity contribution in [2.45, 2.75) is 32.8 Å². The third-order valence-corrected chi connectivity index (χ3v) is 4.93. The molecule has 2 aromatic rings. The number of hydrogen-bond donors (Lipinski definition) is 1. The van der Waals surface area contributed by atoms with Crippen LogP contribution in [0.4, 0.5) is 0 Å². The Bertz CT molecular complexity index is 706. The second kappa shape index (κ2) is 5.45. The van der Waals surface area contributed by atoms with Crippen molar-refractivity contribution in [3.8, 4) is 5.69 Å². The van der Waals surface area contributed by atoms with Gasteiger partial charge in [-0.25, -0.2) is 4.68 Å². The number of carbonyl (C=O) groups is 1. The Morgan fingerprint density at radius 1 is 1.22 bits per heavy atom. The van der Waals surface area contributed by atoms with Crippen molar-refractivity contribution in [1.29, 1.82) is 0 Å². The van der Waals surface area contributed by atoms with E-state index in [1.165, 1.54) is 0 Å². The lowest BCUT2D eigenvalue weighted by molar-refractivity contribution is -0.0971. The Morgan fingerprint density at radius 2 is 1.91 bits per heavy atom. The van der Waals surface area contributed by atoms with Crippen LogP contribution in [0.5, 0.6) is 0 Å². The number of nitrogens with zero attached hydrogens (tertiary/aromatic N) is 4. The molecule has 1 saturated heterocycles. The fraction of sp³-hybridized carbons (Fsp3) is 0.471.